The second-order valence-electron chi connectivity index (χ2n) is 8.88. The first-order chi connectivity index (χ1) is 18.0. The Morgan fingerprint density at radius 3 is 2.70 bits per heavy atom. The minimum Gasteiger partial charge on any atom is -0.336 e. The van der Waals surface area contributed by atoms with Crippen LogP contribution in [-0.2, 0) is 4.79 Å². The predicted octanol–water partition coefficient (Wildman–Crippen LogP) is 5.36. The zero-order chi connectivity index (χ0) is 25.5. The van der Waals surface area contributed by atoms with Crippen molar-refractivity contribution in [2.75, 3.05) is 5.32 Å². The third-order valence-electron chi connectivity index (χ3n) is 6.04. The van der Waals surface area contributed by atoms with Crippen LogP contribution in [0.5, 0.6) is 0 Å². The predicted molar refractivity (Wildman–Crippen MR) is 139 cm³/mol. The molecule has 0 radical (unpaired) electrons. The van der Waals surface area contributed by atoms with Crippen LogP contribution in [0.1, 0.15) is 13.8 Å². The van der Waals surface area contributed by atoms with Crippen LogP contribution in [0.2, 0.25) is 0 Å². The Morgan fingerprint density at radius 1 is 1.00 bits per heavy atom. The second kappa shape index (κ2) is 8.90. The summed E-state index contributed by atoms with van der Waals surface area (Å²) in [6.45, 7) is 3.60. The van der Waals surface area contributed by atoms with Crippen molar-refractivity contribution in [2.24, 2.45) is 5.92 Å². The zero-order valence-electron chi connectivity index (χ0n) is 20.0. The molecule has 6 aromatic rings. The molecular formula is C27H21FN8O. The highest BCUT2D eigenvalue weighted by Crippen LogP contribution is 2.35. The van der Waals surface area contributed by atoms with Crippen molar-refractivity contribution in [1.29, 1.82) is 0 Å². The average Bonchev–Trinajstić information content (AvgIpc) is 3.54. The highest BCUT2D eigenvalue weighted by molar-refractivity contribution is 5.98. The number of carbonyl (C=O) groups excluding carboxylic acids is 1. The number of nitrogens with zero attached hydrogens (tertiary/aromatic N) is 5. The van der Waals surface area contributed by atoms with E-state index in [0.29, 0.717) is 56.1 Å². The summed E-state index contributed by atoms with van der Waals surface area (Å²) in [5.41, 5.74) is 4.87. The minimum atomic E-state index is -0.473. The van der Waals surface area contributed by atoms with E-state index < -0.39 is 5.82 Å². The molecule has 0 saturated carbocycles. The number of fused-ring (bicyclic) bond motifs is 2. The van der Waals surface area contributed by atoms with E-state index in [2.05, 4.69) is 35.5 Å². The number of nitrogens with one attached hydrogen (secondary N) is 3. The van der Waals surface area contributed by atoms with Crippen LogP contribution in [0.25, 0.3) is 56.0 Å². The van der Waals surface area contributed by atoms with Gasteiger partial charge in [0.15, 0.2) is 5.82 Å². The molecule has 5 aromatic heterocycles. The topological polar surface area (TPSA) is 125 Å². The molecule has 0 unspecified atom stereocenters. The maximum absolute atomic E-state index is 16.0. The van der Waals surface area contributed by atoms with Gasteiger partial charge in [-0.3, -0.25) is 24.8 Å². The molecule has 10 heteroatoms. The average molecular weight is 493 g/mol. The van der Waals surface area contributed by atoms with Crippen molar-refractivity contribution >= 4 is 33.5 Å². The second-order valence-corrected chi connectivity index (χ2v) is 8.88. The number of H-pyrrole nitrogens is 2. The van der Waals surface area contributed by atoms with E-state index >= 15 is 4.39 Å². The van der Waals surface area contributed by atoms with Crippen molar-refractivity contribution in [3.05, 3.63) is 73.1 Å². The number of pyridine rings is 3. The maximum atomic E-state index is 16.0. The fraction of sp³-hybridized carbons (Fsp3) is 0.111. The maximum Gasteiger partial charge on any atom is 0.226 e. The number of benzene rings is 1. The lowest BCUT2D eigenvalue weighted by atomic mass is 10.0. The molecule has 3 N–H and O–H groups in total. The molecule has 0 bridgehead atoms. The molecular weight excluding hydrogens is 471 g/mol. The Kier molecular flexibility index (Phi) is 5.41. The fourth-order valence-electron chi connectivity index (χ4n) is 4.15. The Morgan fingerprint density at radius 2 is 1.89 bits per heavy atom. The van der Waals surface area contributed by atoms with Crippen molar-refractivity contribution in [3.63, 3.8) is 0 Å². The van der Waals surface area contributed by atoms with Crippen LogP contribution in [-0.4, -0.2) is 41.0 Å². The Hall–Kier alpha value is -4.99. The van der Waals surface area contributed by atoms with Crippen molar-refractivity contribution < 1.29 is 9.18 Å². The molecule has 1 amide bonds. The lowest BCUT2D eigenvalue weighted by Crippen LogP contribution is -2.17. The van der Waals surface area contributed by atoms with Gasteiger partial charge < -0.3 is 10.3 Å². The first kappa shape index (κ1) is 22.5. The Balaban J connectivity index is 1.45. The van der Waals surface area contributed by atoms with Crippen molar-refractivity contribution in [3.8, 4) is 34.0 Å². The summed E-state index contributed by atoms with van der Waals surface area (Å²) >= 11 is 0. The van der Waals surface area contributed by atoms with Gasteiger partial charge in [-0.2, -0.15) is 5.10 Å². The quantitative estimate of drug-likeness (QED) is 0.298. The number of anilines is 1. The fourth-order valence-corrected chi connectivity index (χ4v) is 4.15. The first-order valence-corrected chi connectivity index (χ1v) is 11.7. The third-order valence-corrected chi connectivity index (χ3v) is 6.04. The molecule has 6 rings (SSSR count). The van der Waals surface area contributed by atoms with E-state index in [1.165, 1.54) is 6.20 Å². The number of rotatable bonds is 5. The Bertz CT molecular complexity index is 1770. The van der Waals surface area contributed by atoms with Gasteiger partial charge in [-0.25, -0.2) is 9.37 Å². The molecule has 0 aliphatic rings. The van der Waals surface area contributed by atoms with Gasteiger partial charge in [-0.15, -0.1) is 0 Å². The third kappa shape index (κ3) is 3.98. The van der Waals surface area contributed by atoms with Gasteiger partial charge in [0.1, 0.15) is 22.7 Å². The zero-order valence-corrected chi connectivity index (χ0v) is 20.0. The highest BCUT2D eigenvalue weighted by atomic mass is 19.1. The standard InChI is InChI=1S/C27H21FN8O/c1-14(2)27(37)32-16-11-15(12-29-13-16)17-6-7-18-21(22(17)28)25(36-35-18)26-33-20-8-10-31-23(24(20)34-26)19-5-3-4-9-30-19/h3-14H,1-2H3,(H,32,37)(H,33,34)(H,35,36). The van der Waals surface area contributed by atoms with Gasteiger partial charge in [-0.1, -0.05) is 19.9 Å². The Labute approximate surface area is 210 Å². The molecule has 182 valence electrons. The van der Waals surface area contributed by atoms with Gasteiger partial charge in [-0.05, 0) is 36.4 Å². The van der Waals surface area contributed by atoms with E-state index in [0.717, 1.165) is 5.52 Å². The molecule has 37 heavy (non-hydrogen) atoms. The van der Waals surface area contributed by atoms with Gasteiger partial charge in [0.2, 0.25) is 5.91 Å². The summed E-state index contributed by atoms with van der Waals surface area (Å²) in [5.74, 6) is -0.406. The van der Waals surface area contributed by atoms with Crippen LogP contribution in [0, 0.1) is 11.7 Å². The summed E-state index contributed by atoms with van der Waals surface area (Å²) in [6.07, 6.45) is 6.46. The van der Waals surface area contributed by atoms with E-state index in [4.69, 9.17) is 4.98 Å². The van der Waals surface area contributed by atoms with Gasteiger partial charge in [0.05, 0.1) is 34.0 Å². The number of carbonyl (C=O) groups is 1. The van der Waals surface area contributed by atoms with Gasteiger partial charge in [0.25, 0.3) is 0 Å². The van der Waals surface area contributed by atoms with Crippen LogP contribution >= 0.6 is 0 Å². The molecule has 0 aliphatic heterocycles. The molecule has 0 atom stereocenters. The molecule has 5 heterocycles. The molecule has 0 aliphatic carbocycles. The highest BCUT2D eigenvalue weighted by Gasteiger charge is 2.21. The molecule has 0 saturated heterocycles. The molecule has 0 spiro atoms. The van der Waals surface area contributed by atoms with Crippen molar-refractivity contribution in [1.82, 2.24) is 35.1 Å². The van der Waals surface area contributed by atoms with E-state index in [9.17, 15) is 4.79 Å². The largest absolute Gasteiger partial charge is 0.336 e. The normalized spacial score (nSPS) is 11.5. The first-order valence-electron chi connectivity index (χ1n) is 11.7. The number of hydrogen-bond donors (Lipinski definition) is 3. The van der Waals surface area contributed by atoms with E-state index in [-0.39, 0.29) is 11.8 Å². The van der Waals surface area contributed by atoms with Crippen LogP contribution in [0.15, 0.2) is 67.3 Å². The van der Waals surface area contributed by atoms with Gasteiger partial charge >= 0.3 is 0 Å². The lowest BCUT2D eigenvalue weighted by Gasteiger charge is -2.10. The summed E-state index contributed by atoms with van der Waals surface area (Å²) in [4.78, 5) is 33.1. The number of hydrogen-bond acceptors (Lipinski definition) is 6. The minimum absolute atomic E-state index is 0.142. The number of amides is 1. The van der Waals surface area contributed by atoms with Crippen molar-refractivity contribution in [2.45, 2.75) is 13.8 Å². The molecule has 0 fully saturated rings. The summed E-state index contributed by atoms with van der Waals surface area (Å²) in [5, 5.41) is 10.4. The molecule has 9 nitrogen and oxygen atoms in total. The molecule has 1 aromatic carbocycles. The smallest absolute Gasteiger partial charge is 0.226 e. The number of imidazole rings is 1. The van der Waals surface area contributed by atoms with Crippen LogP contribution in [0.3, 0.4) is 0 Å². The van der Waals surface area contributed by atoms with Crippen LogP contribution < -0.4 is 5.32 Å². The summed E-state index contributed by atoms with van der Waals surface area (Å²) in [6, 6.07) is 12.5. The van der Waals surface area contributed by atoms with E-state index in [1.54, 1.807) is 56.7 Å². The lowest BCUT2D eigenvalue weighted by molar-refractivity contribution is -0.118. The number of halogens is 1. The van der Waals surface area contributed by atoms with Gasteiger partial charge in [0, 0.05) is 35.6 Å². The SMILES string of the molecule is CC(C)C(=O)Nc1cncc(-c2ccc3[nH]nc(-c4nc5c(-c6ccccn6)nccc5[nH]4)c3c2F)c1. The van der Waals surface area contributed by atoms with Crippen LogP contribution in [0.4, 0.5) is 10.1 Å². The summed E-state index contributed by atoms with van der Waals surface area (Å²) < 4.78 is 16.0. The monoisotopic (exact) mass is 492 g/mol. The summed E-state index contributed by atoms with van der Waals surface area (Å²) in [7, 11) is 0. The number of aromatic amines is 2. The van der Waals surface area contributed by atoms with E-state index in [1.807, 2.05) is 18.2 Å². The number of aromatic nitrogens is 7.